The van der Waals surface area contributed by atoms with E-state index in [1.807, 2.05) is 47.5 Å². The first-order valence-corrected chi connectivity index (χ1v) is 8.69. The molecule has 3 rings (SSSR count). The molecule has 2 aromatic rings. The predicted molar refractivity (Wildman–Crippen MR) is 91.0 cm³/mol. The summed E-state index contributed by atoms with van der Waals surface area (Å²) in [5.41, 5.74) is 0. The summed E-state index contributed by atoms with van der Waals surface area (Å²) in [7, 11) is 1.63. The van der Waals surface area contributed by atoms with E-state index in [0.29, 0.717) is 18.3 Å². The topological polar surface area (TPSA) is 38.8 Å². The van der Waals surface area contributed by atoms with Gasteiger partial charge in [-0.3, -0.25) is 4.79 Å². The second-order valence-electron chi connectivity index (χ2n) is 5.71. The van der Waals surface area contributed by atoms with Gasteiger partial charge in [-0.15, -0.1) is 11.3 Å². The molecule has 0 aliphatic heterocycles. The quantitative estimate of drug-likeness (QED) is 0.776. The Morgan fingerprint density at radius 1 is 1.26 bits per heavy atom. The van der Waals surface area contributed by atoms with E-state index < -0.39 is 6.10 Å². The molecule has 122 valence electrons. The van der Waals surface area contributed by atoms with Crippen molar-refractivity contribution in [3.63, 3.8) is 0 Å². The van der Waals surface area contributed by atoms with Crippen LogP contribution >= 0.6 is 11.3 Å². The van der Waals surface area contributed by atoms with Crippen LogP contribution in [0.3, 0.4) is 0 Å². The van der Waals surface area contributed by atoms with E-state index in [2.05, 4.69) is 6.07 Å². The molecule has 0 radical (unpaired) electrons. The third-order valence-electron chi connectivity index (χ3n) is 3.90. The lowest BCUT2D eigenvalue weighted by molar-refractivity contribution is -0.139. The summed E-state index contributed by atoms with van der Waals surface area (Å²) < 4.78 is 10.9. The molecule has 1 saturated carbocycles. The molecule has 23 heavy (non-hydrogen) atoms. The predicted octanol–water partition coefficient (Wildman–Crippen LogP) is 3.72. The van der Waals surface area contributed by atoms with Gasteiger partial charge in [-0.2, -0.15) is 0 Å². The van der Waals surface area contributed by atoms with Gasteiger partial charge in [0.15, 0.2) is 6.10 Å². The van der Waals surface area contributed by atoms with Crippen LogP contribution < -0.4 is 9.47 Å². The summed E-state index contributed by atoms with van der Waals surface area (Å²) in [6, 6.07) is 11.8. The maximum atomic E-state index is 12.8. The minimum Gasteiger partial charge on any atom is -0.497 e. The van der Waals surface area contributed by atoms with Crippen LogP contribution in [0.1, 0.15) is 24.6 Å². The molecule has 4 nitrogen and oxygen atoms in total. The molecular formula is C18H21NO3S. The first-order chi connectivity index (χ1) is 11.2. The van der Waals surface area contributed by atoms with Crippen LogP contribution in [0.4, 0.5) is 0 Å². The molecular weight excluding hydrogens is 310 g/mol. The third kappa shape index (κ3) is 4.05. The van der Waals surface area contributed by atoms with Crippen molar-refractivity contribution in [2.24, 2.45) is 0 Å². The molecule has 1 aliphatic carbocycles. The zero-order valence-corrected chi connectivity index (χ0v) is 14.2. The highest BCUT2D eigenvalue weighted by Crippen LogP contribution is 2.30. The van der Waals surface area contributed by atoms with Crippen molar-refractivity contribution in [2.75, 3.05) is 7.11 Å². The maximum absolute atomic E-state index is 12.8. The lowest BCUT2D eigenvalue weighted by atomic mass is 10.3. The molecule has 1 aliphatic rings. The molecule has 0 saturated heterocycles. The number of hydrogen-bond donors (Lipinski definition) is 0. The van der Waals surface area contributed by atoms with Gasteiger partial charge in [0.2, 0.25) is 0 Å². The highest BCUT2D eigenvalue weighted by atomic mass is 32.1. The molecule has 0 bridgehead atoms. The van der Waals surface area contributed by atoms with E-state index in [0.717, 1.165) is 18.6 Å². The van der Waals surface area contributed by atoms with Gasteiger partial charge in [-0.1, -0.05) is 6.07 Å². The van der Waals surface area contributed by atoms with Crippen molar-refractivity contribution in [1.82, 2.24) is 4.90 Å². The number of amides is 1. The summed E-state index contributed by atoms with van der Waals surface area (Å²) in [6.07, 6.45) is 1.68. The van der Waals surface area contributed by atoms with Gasteiger partial charge in [0, 0.05) is 10.9 Å². The number of rotatable bonds is 7. The number of ether oxygens (including phenoxy) is 2. The fourth-order valence-corrected chi connectivity index (χ4v) is 3.19. The van der Waals surface area contributed by atoms with Gasteiger partial charge in [-0.05, 0) is 55.5 Å². The van der Waals surface area contributed by atoms with Crippen molar-refractivity contribution < 1.29 is 14.3 Å². The number of carbonyl (C=O) groups excluding carboxylic acids is 1. The lowest BCUT2D eigenvalue weighted by Crippen LogP contribution is -2.41. The zero-order valence-electron chi connectivity index (χ0n) is 13.4. The Bertz CT molecular complexity index is 635. The van der Waals surface area contributed by atoms with Gasteiger partial charge in [0.05, 0.1) is 13.7 Å². The van der Waals surface area contributed by atoms with Crippen molar-refractivity contribution >= 4 is 17.2 Å². The molecule has 1 aromatic heterocycles. The number of carbonyl (C=O) groups is 1. The van der Waals surface area contributed by atoms with Crippen LogP contribution in [-0.4, -0.2) is 30.1 Å². The molecule has 1 fully saturated rings. The second-order valence-corrected chi connectivity index (χ2v) is 6.74. The third-order valence-corrected chi connectivity index (χ3v) is 4.76. The summed E-state index contributed by atoms with van der Waals surface area (Å²) in [6.45, 7) is 2.49. The largest absolute Gasteiger partial charge is 0.497 e. The summed E-state index contributed by atoms with van der Waals surface area (Å²) in [5.74, 6) is 1.50. The Morgan fingerprint density at radius 3 is 2.52 bits per heavy atom. The molecule has 0 N–H and O–H groups in total. The van der Waals surface area contributed by atoms with Gasteiger partial charge in [0.1, 0.15) is 11.5 Å². The Kier molecular flexibility index (Phi) is 4.86. The van der Waals surface area contributed by atoms with Crippen LogP contribution in [0.25, 0.3) is 0 Å². The zero-order chi connectivity index (χ0) is 16.2. The van der Waals surface area contributed by atoms with Gasteiger partial charge >= 0.3 is 0 Å². The Hall–Kier alpha value is -2.01. The summed E-state index contributed by atoms with van der Waals surface area (Å²) >= 11 is 1.69. The van der Waals surface area contributed by atoms with E-state index in [1.54, 1.807) is 18.4 Å². The van der Waals surface area contributed by atoms with E-state index in [-0.39, 0.29) is 5.91 Å². The Balaban J connectivity index is 1.64. The Morgan fingerprint density at radius 2 is 1.96 bits per heavy atom. The number of hydrogen-bond acceptors (Lipinski definition) is 4. The molecule has 1 heterocycles. The molecule has 1 amide bonds. The fraction of sp³-hybridized carbons (Fsp3) is 0.389. The minimum absolute atomic E-state index is 0.0525. The highest BCUT2D eigenvalue weighted by Gasteiger charge is 2.35. The number of benzene rings is 1. The normalized spacial score (nSPS) is 15.0. The first kappa shape index (κ1) is 15.9. The average Bonchev–Trinajstić information content (AvgIpc) is 3.28. The first-order valence-electron chi connectivity index (χ1n) is 7.81. The van der Waals surface area contributed by atoms with Gasteiger partial charge in [0.25, 0.3) is 5.91 Å². The van der Waals surface area contributed by atoms with Gasteiger partial charge < -0.3 is 14.4 Å². The average molecular weight is 331 g/mol. The van der Waals surface area contributed by atoms with Crippen LogP contribution in [0.2, 0.25) is 0 Å². The monoisotopic (exact) mass is 331 g/mol. The number of thiophene rings is 1. The van der Waals surface area contributed by atoms with Crippen molar-refractivity contribution in [2.45, 2.75) is 38.5 Å². The lowest BCUT2D eigenvalue weighted by Gasteiger charge is -2.25. The van der Waals surface area contributed by atoms with Crippen molar-refractivity contribution in [3.8, 4) is 11.5 Å². The molecule has 1 unspecified atom stereocenters. The number of nitrogens with zero attached hydrogens (tertiary/aromatic N) is 1. The van der Waals surface area contributed by atoms with Crippen LogP contribution in [-0.2, 0) is 11.3 Å². The Labute approximate surface area is 140 Å². The van der Waals surface area contributed by atoms with E-state index in [9.17, 15) is 4.79 Å². The van der Waals surface area contributed by atoms with Crippen molar-refractivity contribution in [1.29, 1.82) is 0 Å². The maximum Gasteiger partial charge on any atom is 0.263 e. The fourth-order valence-electron chi connectivity index (χ4n) is 2.49. The molecule has 5 heteroatoms. The van der Waals surface area contributed by atoms with Crippen LogP contribution in [0, 0.1) is 0 Å². The standard InChI is InChI=1S/C18H21NO3S/c1-13(22-16-9-7-15(21-2)8-10-16)18(20)19(14-5-6-14)12-17-4-3-11-23-17/h3-4,7-11,13-14H,5-6,12H2,1-2H3. The SMILES string of the molecule is COc1ccc(OC(C)C(=O)N(Cc2cccs2)C2CC2)cc1. The van der Waals surface area contributed by atoms with Crippen molar-refractivity contribution in [3.05, 3.63) is 46.7 Å². The molecule has 0 spiro atoms. The highest BCUT2D eigenvalue weighted by molar-refractivity contribution is 7.09. The van der Waals surface area contributed by atoms with E-state index >= 15 is 0 Å². The smallest absolute Gasteiger partial charge is 0.263 e. The van der Waals surface area contributed by atoms with Gasteiger partial charge in [-0.25, -0.2) is 0 Å². The summed E-state index contributed by atoms with van der Waals surface area (Å²) in [5, 5.41) is 2.04. The second kappa shape index (κ2) is 7.04. The molecule has 1 aromatic carbocycles. The molecule has 1 atom stereocenters. The van der Waals surface area contributed by atoms with E-state index in [1.165, 1.54) is 4.88 Å². The number of methoxy groups -OCH3 is 1. The van der Waals surface area contributed by atoms with Crippen LogP contribution in [0.15, 0.2) is 41.8 Å². The summed E-state index contributed by atoms with van der Waals surface area (Å²) in [4.78, 5) is 15.9. The van der Waals surface area contributed by atoms with E-state index in [4.69, 9.17) is 9.47 Å². The minimum atomic E-state index is -0.496. The van der Waals surface area contributed by atoms with Crippen LogP contribution in [0.5, 0.6) is 11.5 Å².